The zero-order valence-electron chi connectivity index (χ0n) is 18.0. The summed E-state index contributed by atoms with van der Waals surface area (Å²) < 4.78 is 0. The van der Waals surface area contributed by atoms with E-state index in [9.17, 15) is 9.59 Å². The second kappa shape index (κ2) is 8.42. The molecule has 1 saturated heterocycles. The molecule has 0 aliphatic carbocycles. The highest BCUT2D eigenvalue weighted by Gasteiger charge is 2.40. The molecule has 5 heteroatoms. The minimum absolute atomic E-state index is 0.0453. The summed E-state index contributed by atoms with van der Waals surface area (Å²) in [7, 11) is 2.25. The van der Waals surface area contributed by atoms with Crippen molar-refractivity contribution >= 4 is 37.1 Å². The maximum absolute atomic E-state index is 12.8. The molecule has 0 aromatic heterocycles. The number of benzene rings is 1. The lowest BCUT2D eigenvalue weighted by Gasteiger charge is -2.33. The number of rotatable bonds is 8. The summed E-state index contributed by atoms with van der Waals surface area (Å²) in [5.41, 5.74) is 1.99. The van der Waals surface area contributed by atoms with Crippen molar-refractivity contribution in [1.82, 2.24) is 0 Å². The maximum Gasteiger partial charge on any atom is 0.247 e. The zero-order valence-corrected chi connectivity index (χ0v) is 18.8. The first-order valence-corrected chi connectivity index (χ1v) is 11.1. The van der Waals surface area contributed by atoms with E-state index >= 15 is 0 Å². The Bertz CT molecular complexity index is 675. The van der Waals surface area contributed by atoms with Crippen molar-refractivity contribution in [2.75, 3.05) is 4.90 Å². The Hall–Kier alpha value is -1.23. The largest absolute Gasteiger partial charge is 0.274 e. The van der Waals surface area contributed by atoms with Gasteiger partial charge in [-0.3, -0.25) is 9.59 Å². The molecular formula is C22H34BNO2S. The summed E-state index contributed by atoms with van der Waals surface area (Å²) in [5.74, 6) is -0.135. The average molecular weight is 387 g/mol. The molecule has 0 N–H and O–H groups in total. The fourth-order valence-corrected chi connectivity index (χ4v) is 5.49. The lowest BCUT2D eigenvalue weighted by molar-refractivity contribution is -0.121. The van der Waals surface area contributed by atoms with Crippen LogP contribution in [0.5, 0.6) is 0 Å². The molecule has 27 heavy (non-hydrogen) atoms. The minimum atomic E-state index is -0.237. The third kappa shape index (κ3) is 5.40. The molecule has 1 heterocycles. The predicted molar refractivity (Wildman–Crippen MR) is 120 cm³/mol. The Balaban J connectivity index is 2.17. The van der Waals surface area contributed by atoms with Gasteiger partial charge in [0.2, 0.25) is 11.8 Å². The summed E-state index contributed by atoms with van der Waals surface area (Å²) in [6.45, 7) is 13.3. The monoisotopic (exact) mass is 387 g/mol. The standard InChI is InChI=1S/C22H34BNO2S/c1-7-17(8-2)27-18-13-19(25)24(20(18)26)16-11-9-15(10-12-16)21(3,4)14-22(5,6)23/h9-12,17-18H,7-8,13-14,23H2,1-6H3. The molecular weight excluding hydrogens is 353 g/mol. The van der Waals surface area contributed by atoms with Crippen molar-refractivity contribution in [2.45, 2.75) is 88.5 Å². The van der Waals surface area contributed by atoms with Crippen molar-refractivity contribution in [3.63, 3.8) is 0 Å². The van der Waals surface area contributed by atoms with Crippen LogP contribution in [-0.4, -0.2) is 30.2 Å². The van der Waals surface area contributed by atoms with Gasteiger partial charge in [0.1, 0.15) is 7.85 Å². The molecule has 2 amide bonds. The van der Waals surface area contributed by atoms with Crippen LogP contribution in [0.1, 0.15) is 72.8 Å². The van der Waals surface area contributed by atoms with Crippen LogP contribution in [0.15, 0.2) is 24.3 Å². The van der Waals surface area contributed by atoms with E-state index < -0.39 is 0 Å². The molecule has 1 unspecified atom stereocenters. The molecule has 0 spiro atoms. The van der Waals surface area contributed by atoms with Crippen LogP contribution < -0.4 is 4.90 Å². The van der Waals surface area contributed by atoms with Crippen LogP contribution in [0.25, 0.3) is 0 Å². The zero-order chi connectivity index (χ0) is 20.4. The maximum atomic E-state index is 12.8. The summed E-state index contributed by atoms with van der Waals surface area (Å²) >= 11 is 1.66. The first kappa shape index (κ1) is 22.1. The van der Waals surface area contributed by atoms with Crippen molar-refractivity contribution in [3.8, 4) is 0 Å². The van der Waals surface area contributed by atoms with Crippen LogP contribution >= 0.6 is 11.8 Å². The Morgan fingerprint density at radius 2 is 1.67 bits per heavy atom. The number of carbonyl (C=O) groups is 2. The van der Waals surface area contributed by atoms with Gasteiger partial charge in [0, 0.05) is 11.7 Å². The van der Waals surface area contributed by atoms with Gasteiger partial charge in [0.15, 0.2) is 0 Å². The quantitative estimate of drug-likeness (QED) is 0.478. The first-order valence-electron chi connectivity index (χ1n) is 10.1. The predicted octanol–water partition coefficient (Wildman–Crippen LogP) is 4.74. The number of hydrogen-bond acceptors (Lipinski definition) is 3. The highest BCUT2D eigenvalue weighted by Crippen LogP contribution is 2.40. The highest BCUT2D eigenvalue weighted by molar-refractivity contribution is 8.01. The number of amides is 2. The molecule has 1 aliphatic heterocycles. The van der Waals surface area contributed by atoms with Crippen LogP contribution in [0.3, 0.4) is 0 Å². The molecule has 0 saturated carbocycles. The summed E-state index contributed by atoms with van der Waals surface area (Å²) in [4.78, 5) is 26.7. The fourth-order valence-electron chi connectivity index (χ4n) is 4.18. The van der Waals surface area contributed by atoms with E-state index in [-0.39, 0.29) is 27.8 Å². The summed E-state index contributed by atoms with van der Waals surface area (Å²) in [5, 5.41) is 0.439. The van der Waals surface area contributed by atoms with E-state index in [0.29, 0.717) is 17.4 Å². The molecule has 0 bridgehead atoms. The average Bonchev–Trinajstić information content (AvgIpc) is 2.84. The number of imide groups is 1. The Labute approximate surface area is 170 Å². The Morgan fingerprint density at radius 1 is 1.11 bits per heavy atom. The molecule has 148 valence electrons. The van der Waals surface area contributed by atoms with Crippen LogP contribution in [0.4, 0.5) is 5.69 Å². The van der Waals surface area contributed by atoms with Gasteiger partial charge in [0.05, 0.1) is 10.9 Å². The molecule has 1 atom stereocenters. The van der Waals surface area contributed by atoms with Gasteiger partial charge in [-0.2, -0.15) is 0 Å². The van der Waals surface area contributed by atoms with E-state index in [2.05, 4.69) is 61.5 Å². The lowest BCUT2D eigenvalue weighted by atomic mass is 9.62. The fraction of sp³-hybridized carbons (Fsp3) is 0.636. The van der Waals surface area contributed by atoms with Gasteiger partial charge >= 0.3 is 0 Å². The van der Waals surface area contributed by atoms with Crippen molar-refractivity contribution in [3.05, 3.63) is 29.8 Å². The van der Waals surface area contributed by atoms with Crippen molar-refractivity contribution < 1.29 is 9.59 Å². The first-order chi connectivity index (χ1) is 12.5. The number of hydrogen-bond donors (Lipinski definition) is 0. The third-order valence-corrected chi connectivity index (χ3v) is 7.00. The second-order valence-electron chi connectivity index (χ2n) is 9.50. The molecule has 1 aliphatic rings. The van der Waals surface area contributed by atoms with E-state index in [1.165, 1.54) is 10.5 Å². The van der Waals surface area contributed by atoms with E-state index in [1.807, 2.05) is 12.1 Å². The molecule has 1 aromatic rings. The van der Waals surface area contributed by atoms with Gasteiger partial charge in [0.25, 0.3) is 0 Å². The van der Waals surface area contributed by atoms with E-state index in [1.54, 1.807) is 11.8 Å². The smallest absolute Gasteiger partial charge is 0.247 e. The number of anilines is 1. The van der Waals surface area contributed by atoms with Crippen molar-refractivity contribution in [1.29, 1.82) is 0 Å². The Kier molecular flexibility index (Phi) is 6.88. The van der Waals surface area contributed by atoms with Gasteiger partial charge in [-0.05, 0) is 42.4 Å². The minimum Gasteiger partial charge on any atom is -0.274 e. The summed E-state index contributed by atoms with van der Waals surface area (Å²) in [6, 6.07) is 8.01. The molecule has 3 nitrogen and oxygen atoms in total. The van der Waals surface area contributed by atoms with Gasteiger partial charge in [-0.15, -0.1) is 11.8 Å². The summed E-state index contributed by atoms with van der Waals surface area (Å²) in [6.07, 6.45) is 3.43. The topological polar surface area (TPSA) is 37.4 Å². The molecule has 1 aromatic carbocycles. The van der Waals surface area contributed by atoms with Crippen LogP contribution in [0.2, 0.25) is 5.31 Å². The van der Waals surface area contributed by atoms with Gasteiger partial charge in [-0.1, -0.05) is 59.0 Å². The van der Waals surface area contributed by atoms with Crippen molar-refractivity contribution in [2.24, 2.45) is 0 Å². The van der Waals surface area contributed by atoms with E-state index in [0.717, 1.165) is 19.3 Å². The van der Waals surface area contributed by atoms with Gasteiger partial charge in [-0.25, -0.2) is 4.90 Å². The number of nitrogens with zero attached hydrogens (tertiary/aromatic N) is 1. The molecule has 0 radical (unpaired) electrons. The highest BCUT2D eigenvalue weighted by atomic mass is 32.2. The molecule has 2 rings (SSSR count). The number of thioether (sulfide) groups is 1. The number of carbonyl (C=O) groups excluding carboxylic acids is 2. The van der Waals surface area contributed by atoms with Gasteiger partial charge < -0.3 is 0 Å². The second-order valence-corrected chi connectivity index (χ2v) is 11.0. The molecule has 1 fully saturated rings. The normalized spacial score (nSPS) is 18.6. The van der Waals surface area contributed by atoms with E-state index in [4.69, 9.17) is 0 Å². The lowest BCUT2D eigenvalue weighted by Crippen LogP contribution is -2.31. The third-order valence-electron chi connectivity index (χ3n) is 5.25. The van der Waals surface area contributed by atoms with Crippen LogP contribution in [0, 0.1) is 0 Å². The van der Waals surface area contributed by atoms with Crippen LogP contribution in [-0.2, 0) is 15.0 Å². The SMILES string of the molecule is BC(C)(C)CC(C)(C)c1ccc(N2C(=O)CC(SC(CC)CC)C2=O)cc1. The Morgan fingerprint density at radius 3 is 2.15 bits per heavy atom.